The predicted octanol–water partition coefficient (Wildman–Crippen LogP) is 2.25. The van der Waals surface area contributed by atoms with E-state index >= 15 is 0 Å². The minimum absolute atomic E-state index is 0.104. The minimum Gasteiger partial charge on any atom is -0.331 e. The molecule has 0 unspecified atom stereocenters. The van der Waals surface area contributed by atoms with Crippen molar-refractivity contribution in [2.75, 3.05) is 18.9 Å². The van der Waals surface area contributed by atoms with Crippen LogP contribution in [0.25, 0.3) is 10.8 Å². The van der Waals surface area contributed by atoms with Gasteiger partial charge in [0.15, 0.2) is 5.69 Å². The number of rotatable bonds is 4. The number of anilines is 1. The summed E-state index contributed by atoms with van der Waals surface area (Å²) in [5, 5.41) is 9.87. The topological polar surface area (TPSA) is 95.2 Å². The lowest BCUT2D eigenvalue weighted by molar-refractivity contribution is -0.116. The monoisotopic (exact) mass is 364 g/mol. The molecule has 1 aromatic heterocycles. The van der Waals surface area contributed by atoms with Crippen LogP contribution < -0.4 is 10.9 Å². The highest BCUT2D eigenvalue weighted by Crippen LogP contribution is 2.17. The fourth-order valence-corrected chi connectivity index (χ4v) is 2.81. The molecule has 0 aliphatic rings. The third kappa shape index (κ3) is 3.87. The first-order chi connectivity index (χ1) is 12.9. The molecule has 3 aromatic rings. The molecule has 0 aliphatic heterocycles. The maximum atomic E-state index is 12.7. The highest BCUT2D eigenvalue weighted by Gasteiger charge is 2.20. The van der Waals surface area contributed by atoms with E-state index < -0.39 is 5.91 Å². The summed E-state index contributed by atoms with van der Waals surface area (Å²) in [6.45, 7) is 3.71. The molecule has 7 nitrogen and oxygen atoms in total. The Labute approximate surface area is 156 Å². The van der Waals surface area contributed by atoms with E-state index in [2.05, 4.69) is 15.5 Å². The molecule has 1 heterocycles. The van der Waals surface area contributed by atoms with Crippen molar-refractivity contribution in [3.63, 3.8) is 0 Å². The van der Waals surface area contributed by atoms with Gasteiger partial charge in [-0.15, -0.1) is 0 Å². The second kappa shape index (κ2) is 7.41. The Bertz CT molecular complexity index is 1090. The van der Waals surface area contributed by atoms with Gasteiger partial charge >= 0.3 is 0 Å². The first kappa shape index (κ1) is 18.3. The first-order valence-corrected chi connectivity index (χ1v) is 8.47. The van der Waals surface area contributed by atoms with Crippen molar-refractivity contribution < 1.29 is 9.59 Å². The third-order valence-corrected chi connectivity index (χ3v) is 4.29. The number of amides is 2. The number of hydrogen-bond donors (Lipinski definition) is 2. The molecule has 0 aliphatic carbocycles. The van der Waals surface area contributed by atoms with Crippen LogP contribution in [-0.2, 0) is 4.79 Å². The third-order valence-electron chi connectivity index (χ3n) is 4.29. The maximum Gasteiger partial charge on any atom is 0.275 e. The van der Waals surface area contributed by atoms with Crippen LogP contribution in [0.4, 0.5) is 5.69 Å². The number of aryl methyl sites for hydroxylation is 2. The summed E-state index contributed by atoms with van der Waals surface area (Å²) in [7, 11) is 1.52. The molecule has 0 atom stereocenters. The molecule has 2 amide bonds. The van der Waals surface area contributed by atoms with Crippen molar-refractivity contribution in [2.45, 2.75) is 13.8 Å². The fourth-order valence-electron chi connectivity index (χ4n) is 2.81. The summed E-state index contributed by atoms with van der Waals surface area (Å²) < 4.78 is 0. The van der Waals surface area contributed by atoms with E-state index in [1.54, 1.807) is 24.3 Å². The van der Waals surface area contributed by atoms with Crippen molar-refractivity contribution in [1.29, 1.82) is 0 Å². The highest BCUT2D eigenvalue weighted by atomic mass is 16.2. The Balaban J connectivity index is 1.78. The molecule has 0 bridgehead atoms. The van der Waals surface area contributed by atoms with Gasteiger partial charge in [-0.05, 0) is 37.1 Å². The van der Waals surface area contributed by atoms with Gasteiger partial charge < -0.3 is 10.2 Å². The smallest absolute Gasteiger partial charge is 0.275 e. The summed E-state index contributed by atoms with van der Waals surface area (Å²) in [6.07, 6.45) is 0. The van der Waals surface area contributed by atoms with Gasteiger partial charge in [-0.2, -0.15) is 5.10 Å². The number of fused-ring (bicyclic) bond motifs is 1. The van der Waals surface area contributed by atoms with Crippen LogP contribution in [0.2, 0.25) is 0 Å². The zero-order chi connectivity index (χ0) is 19.6. The normalized spacial score (nSPS) is 10.6. The number of aromatic amines is 1. The average Bonchev–Trinajstić information content (AvgIpc) is 2.64. The second-order valence-corrected chi connectivity index (χ2v) is 6.47. The number of nitrogens with zero attached hydrogens (tertiary/aromatic N) is 2. The Morgan fingerprint density at radius 1 is 1.11 bits per heavy atom. The van der Waals surface area contributed by atoms with Crippen molar-refractivity contribution >= 4 is 28.3 Å². The van der Waals surface area contributed by atoms with Crippen LogP contribution in [0, 0.1) is 13.8 Å². The predicted molar refractivity (Wildman–Crippen MR) is 104 cm³/mol. The fraction of sp³-hybridized carbons (Fsp3) is 0.200. The Morgan fingerprint density at radius 2 is 1.81 bits per heavy atom. The van der Waals surface area contributed by atoms with Crippen molar-refractivity contribution in [3.8, 4) is 0 Å². The van der Waals surface area contributed by atoms with Gasteiger partial charge in [-0.1, -0.05) is 30.3 Å². The summed E-state index contributed by atoms with van der Waals surface area (Å²) in [4.78, 5) is 38.2. The Kier molecular flexibility index (Phi) is 5.03. The molecule has 0 saturated carbocycles. The molecule has 0 radical (unpaired) electrons. The molecular weight excluding hydrogens is 344 g/mol. The average molecular weight is 364 g/mol. The summed E-state index contributed by atoms with van der Waals surface area (Å²) in [5.74, 6) is -0.758. The molecule has 2 aromatic carbocycles. The molecular formula is C20H20N4O3. The van der Waals surface area contributed by atoms with E-state index in [1.165, 1.54) is 11.9 Å². The lowest BCUT2D eigenvalue weighted by Crippen LogP contribution is -2.36. The Hall–Kier alpha value is -3.48. The van der Waals surface area contributed by atoms with E-state index in [1.807, 2.05) is 32.0 Å². The van der Waals surface area contributed by atoms with E-state index in [0.717, 1.165) is 11.1 Å². The van der Waals surface area contributed by atoms with E-state index in [0.29, 0.717) is 16.5 Å². The quantitative estimate of drug-likeness (QED) is 0.742. The minimum atomic E-state index is -0.446. The summed E-state index contributed by atoms with van der Waals surface area (Å²) in [5.41, 5.74) is 2.43. The number of benzene rings is 2. The van der Waals surface area contributed by atoms with E-state index in [-0.39, 0.29) is 23.7 Å². The van der Waals surface area contributed by atoms with Crippen molar-refractivity contribution in [3.05, 3.63) is 69.6 Å². The zero-order valence-corrected chi connectivity index (χ0v) is 15.4. The first-order valence-electron chi connectivity index (χ1n) is 8.47. The number of H-pyrrole nitrogens is 1. The van der Waals surface area contributed by atoms with Crippen LogP contribution in [-0.4, -0.2) is 40.5 Å². The van der Waals surface area contributed by atoms with Crippen LogP contribution in [0.5, 0.6) is 0 Å². The molecule has 27 heavy (non-hydrogen) atoms. The standard InChI is InChI=1S/C20H20N4O3/c1-12-8-9-13(2)16(10-12)21-17(25)11-24(3)20(27)18-14-6-4-5-7-15(14)19(26)23-22-18/h4-10H,11H2,1-3H3,(H,21,25)(H,23,26). The molecule has 7 heteroatoms. The van der Waals surface area contributed by atoms with Gasteiger partial charge in [0.2, 0.25) is 5.91 Å². The number of likely N-dealkylation sites (N-methyl/N-ethyl adjacent to an activating group) is 1. The van der Waals surface area contributed by atoms with Crippen molar-refractivity contribution in [1.82, 2.24) is 15.1 Å². The van der Waals surface area contributed by atoms with Gasteiger partial charge in [-0.3, -0.25) is 14.4 Å². The summed E-state index contributed by atoms with van der Waals surface area (Å²) in [6, 6.07) is 12.5. The number of carbonyl (C=O) groups excluding carboxylic acids is 2. The highest BCUT2D eigenvalue weighted by molar-refractivity contribution is 6.06. The molecule has 0 saturated heterocycles. The van der Waals surface area contributed by atoms with Gasteiger partial charge in [0.1, 0.15) is 0 Å². The van der Waals surface area contributed by atoms with Gasteiger partial charge in [0.25, 0.3) is 11.5 Å². The van der Waals surface area contributed by atoms with Crippen LogP contribution in [0.1, 0.15) is 21.6 Å². The molecule has 0 spiro atoms. The number of nitrogens with one attached hydrogen (secondary N) is 2. The molecule has 138 valence electrons. The van der Waals surface area contributed by atoms with E-state index in [4.69, 9.17) is 0 Å². The van der Waals surface area contributed by atoms with Crippen molar-refractivity contribution in [2.24, 2.45) is 0 Å². The number of hydrogen-bond acceptors (Lipinski definition) is 4. The lowest BCUT2D eigenvalue weighted by Gasteiger charge is -2.17. The van der Waals surface area contributed by atoms with Gasteiger partial charge in [-0.25, -0.2) is 5.10 Å². The number of carbonyl (C=O) groups is 2. The number of aromatic nitrogens is 2. The van der Waals surface area contributed by atoms with Gasteiger partial charge in [0, 0.05) is 18.1 Å². The maximum absolute atomic E-state index is 12.7. The van der Waals surface area contributed by atoms with Gasteiger partial charge in [0.05, 0.1) is 11.9 Å². The SMILES string of the molecule is Cc1ccc(C)c(NC(=O)CN(C)C(=O)c2n[nH]c(=O)c3ccccc23)c1. The lowest BCUT2D eigenvalue weighted by atomic mass is 10.1. The molecule has 3 rings (SSSR count). The largest absolute Gasteiger partial charge is 0.331 e. The summed E-state index contributed by atoms with van der Waals surface area (Å²) >= 11 is 0. The second-order valence-electron chi connectivity index (χ2n) is 6.47. The van der Waals surface area contributed by atoms with Crippen LogP contribution >= 0.6 is 0 Å². The van der Waals surface area contributed by atoms with Crippen LogP contribution in [0.15, 0.2) is 47.3 Å². The molecule has 2 N–H and O–H groups in total. The van der Waals surface area contributed by atoms with E-state index in [9.17, 15) is 14.4 Å². The molecule has 0 fully saturated rings. The van der Waals surface area contributed by atoms with Crippen LogP contribution in [0.3, 0.4) is 0 Å². The Morgan fingerprint density at radius 3 is 2.56 bits per heavy atom. The zero-order valence-electron chi connectivity index (χ0n) is 15.4.